The number of aromatic hydroxyl groups is 1. The number of pyridine rings is 1. The van der Waals surface area contributed by atoms with Gasteiger partial charge in [0.05, 0.1) is 40.9 Å². The number of hydrogen-bond acceptors (Lipinski definition) is 8. The van der Waals surface area contributed by atoms with E-state index in [4.69, 9.17) is 0 Å². The quantitative estimate of drug-likeness (QED) is 0.126. The molecule has 5 rings (SSSR count). The van der Waals surface area contributed by atoms with E-state index in [1.807, 2.05) is 38.1 Å². The first-order valence-electron chi connectivity index (χ1n) is 14.7. The smallest absolute Gasteiger partial charge is 0.271 e. The maximum absolute atomic E-state index is 13.8. The third kappa shape index (κ3) is 6.04. The molecule has 10 nitrogen and oxygen atoms in total. The number of rotatable bonds is 10. The summed E-state index contributed by atoms with van der Waals surface area (Å²) in [5.41, 5.74) is 3.74. The lowest BCUT2D eigenvalue weighted by molar-refractivity contribution is -0.384. The van der Waals surface area contributed by atoms with Crippen molar-refractivity contribution >= 4 is 34.8 Å². The molecule has 1 aliphatic carbocycles. The second-order valence-electron chi connectivity index (χ2n) is 11.6. The van der Waals surface area contributed by atoms with E-state index in [2.05, 4.69) is 4.98 Å². The first-order valence-corrected chi connectivity index (χ1v) is 14.7. The molecule has 2 aromatic carbocycles. The van der Waals surface area contributed by atoms with Gasteiger partial charge in [0.15, 0.2) is 0 Å². The average molecular weight is 598 g/mol. The Morgan fingerprint density at radius 1 is 1.09 bits per heavy atom. The average Bonchev–Trinajstić information content (AvgIpc) is 3.28. The molecule has 44 heavy (non-hydrogen) atoms. The van der Waals surface area contributed by atoms with E-state index in [1.54, 1.807) is 30.5 Å². The number of amides is 2. The molecule has 3 aromatic rings. The summed E-state index contributed by atoms with van der Waals surface area (Å²) in [5.74, 6) is -3.34. The van der Waals surface area contributed by atoms with Gasteiger partial charge in [0.1, 0.15) is 5.75 Å². The van der Waals surface area contributed by atoms with Gasteiger partial charge >= 0.3 is 0 Å². The summed E-state index contributed by atoms with van der Waals surface area (Å²) >= 11 is 0. The number of carbonyl (C=O) groups excluding carboxylic acids is 2. The lowest BCUT2D eigenvalue weighted by Crippen LogP contribution is -2.39. The van der Waals surface area contributed by atoms with Gasteiger partial charge in [-0.15, -0.1) is 0 Å². The highest BCUT2D eigenvalue weighted by Crippen LogP contribution is 2.49. The van der Waals surface area contributed by atoms with Crippen molar-refractivity contribution in [2.45, 2.75) is 39.2 Å². The van der Waals surface area contributed by atoms with E-state index in [-0.39, 0.29) is 35.9 Å². The summed E-state index contributed by atoms with van der Waals surface area (Å²) in [7, 11) is 0. The fourth-order valence-corrected chi connectivity index (χ4v) is 6.49. The van der Waals surface area contributed by atoms with Crippen LogP contribution in [-0.2, 0) is 9.59 Å². The Balaban J connectivity index is 1.45. The van der Waals surface area contributed by atoms with E-state index in [1.165, 1.54) is 24.3 Å². The molecule has 10 heteroatoms. The van der Waals surface area contributed by atoms with Crippen LogP contribution in [0.1, 0.15) is 44.4 Å². The van der Waals surface area contributed by atoms with Crippen LogP contribution in [0.5, 0.6) is 5.75 Å². The number of anilines is 1. The second-order valence-corrected chi connectivity index (χ2v) is 11.6. The summed E-state index contributed by atoms with van der Waals surface area (Å²) in [4.78, 5) is 43.7. The number of aliphatic hydroxyl groups is 2. The van der Waals surface area contributed by atoms with E-state index >= 15 is 0 Å². The highest BCUT2D eigenvalue weighted by molar-refractivity contribution is 6.22. The van der Waals surface area contributed by atoms with Gasteiger partial charge in [0.25, 0.3) is 5.69 Å². The molecule has 0 radical (unpaired) electrons. The van der Waals surface area contributed by atoms with Gasteiger partial charge in [0, 0.05) is 24.2 Å². The Kier molecular flexibility index (Phi) is 9.03. The Labute approximate surface area is 255 Å². The minimum atomic E-state index is -1.01. The van der Waals surface area contributed by atoms with Crippen molar-refractivity contribution < 1.29 is 29.8 Å². The van der Waals surface area contributed by atoms with Crippen molar-refractivity contribution in [1.82, 2.24) is 4.98 Å². The molecule has 0 bridgehead atoms. The molecule has 0 saturated carbocycles. The van der Waals surface area contributed by atoms with E-state index in [9.17, 15) is 35.0 Å². The number of nitro benzene ring substituents is 1. The van der Waals surface area contributed by atoms with Gasteiger partial charge in [-0.1, -0.05) is 43.7 Å². The van der Waals surface area contributed by atoms with Gasteiger partial charge in [-0.25, -0.2) is 4.90 Å². The SMILES string of the molecule is CC(C)C1=C([C@H](O)CC/C(=C/c2ccc(O)cc2)c2ccccn2)[C@H](CO)[C@@H]2C(=O)N(c3cccc([N+](=O)[O-])c3)C(=O)[C@@H]2C1. The van der Waals surface area contributed by atoms with Crippen molar-refractivity contribution in [3.63, 3.8) is 0 Å². The zero-order valence-electron chi connectivity index (χ0n) is 24.5. The van der Waals surface area contributed by atoms with Crippen molar-refractivity contribution in [3.05, 3.63) is 105 Å². The summed E-state index contributed by atoms with van der Waals surface area (Å²) in [5, 5.41) is 43.4. The van der Waals surface area contributed by atoms with Crippen LogP contribution >= 0.6 is 0 Å². The molecule has 4 atom stereocenters. The number of fused-ring (bicyclic) bond motifs is 1. The number of phenols is 1. The van der Waals surface area contributed by atoms with Gasteiger partial charge in [0.2, 0.25) is 11.8 Å². The zero-order chi connectivity index (χ0) is 31.5. The standard InChI is InChI=1S/C34H35N3O7/c1-20(2)26-18-27-32(34(42)36(33(27)41)23-6-5-7-24(17-23)37(43)44)28(19-38)31(26)30(40)14-11-22(29-8-3-4-15-35-29)16-21-9-12-25(39)13-10-21/h3-10,12-13,15-17,20,27-28,30,32,38-40H,11,14,18-19H2,1-2H3/b22-16-/t27-,28+,30-,32-/m1/s1. The molecule has 1 aliphatic heterocycles. The number of imide groups is 1. The molecule has 3 N–H and O–H groups in total. The lowest BCUT2D eigenvalue weighted by Gasteiger charge is -2.38. The van der Waals surface area contributed by atoms with Crippen LogP contribution in [0, 0.1) is 33.8 Å². The zero-order valence-corrected chi connectivity index (χ0v) is 24.5. The van der Waals surface area contributed by atoms with Crippen LogP contribution < -0.4 is 4.90 Å². The van der Waals surface area contributed by atoms with Gasteiger partial charge in [-0.3, -0.25) is 24.7 Å². The van der Waals surface area contributed by atoms with Crippen molar-refractivity contribution in [2.24, 2.45) is 23.7 Å². The number of allylic oxidation sites excluding steroid dienone is 2. The maximum Gasteiger partial charge on any atom is 0.271 e. The molecule has 2 aliphatic rings. The maximum atomic E-state index is 13.8. The Morgan fingerprint density at radius 2 is 1.84 bits per heavy atom. The number of aliphatic hydroxyl groups excluding tert-OH is 2. The van der Waals surface area contributed by atoms with Crippen LogP contribution in [0.25, 0.3) is 11.6 Å². The van der Waals surface area contributed by atoms with Crippen molar-refractivity contribution in [2.75, 3.05) is 11.5 Å². The Bertz CT molecular complexity index is 1620. The van der Waals surface area contributed by atoms with Gasteiger partial charge in [-0.2, -0.15) is 0 Å². The molecule has 1 fully saturated rings. The van der Waals surface area contributed by atoms with Crippen LogP contribution in [0.15, 0.2) is 84.1 Å². The monoisotopic (exact) mass is 597 g/mol. The first kappa shape index (κ1) is 30.8. The number of benzene rings is 2. The van der Waals surface area contributed by atoms with E-state index in [0.717, 1.165) is 27.3 Å². The summed E-state index contributed by atoms with van der Waals surface area (Å²) in [6.07, 6.45) is 3.57. The summed E-state index contributed by atoms with van der Waals surface area (Å²) in [6.45, 7) is 3.48. The summed E-state index contributed by atoms with van der Waals surface area (Å²) < 4.78 is 0. The highest BCUT2D eigenvalue weighted by Gasteiger charge is 2.55. The molecule has 1 aromatic heterocycles. The molecular weight excluding hydrogens is 562 g/mol. The number of phenolic OH excluding ortho intramolecular Hbond substituents is 1. The fourth-order valence-electron chi connectivity index (χ4n) is 6.49. The van der Waals surface area contributed by atoms with Gasteiger partial charge in [-0.05, 0) is 78.3 Å². The summed E-state index contributed by atoms with van der Waals surface area (Å²) in [6, 6.07) is 17.7. The molecule has 1 saturated heterocycles. The highest BCUT2D eigenvalue weighted by atomic mass is 16.6. The van der Waals surface area contributed by atoms with E-state index < -0.39 is 47.2 Å². The number of nitrogens with zero attached hydrogens (tertiary/aromatic N) is 3. The molecule has 0 unspecified atom stereocenters. The number of aromatic nitrogens is 1. The Morgan fingerprint density at radius 3 is 2.48 bits per heavy atom. The first-order chi connectivity index (χ1) is 21.1. The minimum absolute atomic E-state index is 0.0628. The molecule has 0 spiro atoms. The van der Waals surface area contributed by atoms with Crippen LogP contribution in [-0.4, -0.2) is 49.8 Å². The molecule has 2 amide bonds. The second kappa shape index (κ2) is 12.9. The normalized spacial score (nSPS) is 21.2. The van der Waals surface area contributed by atoms with Crippen LogP contribution in [0.3, 0.4) is 0 Å². The number of hydrogen-bond donors (Lipinski definition) is 3. The number of carbonyl (C=O) groups is 2. The molecule has 228 valence electrons. The number of nitro groups is 1. The minimum Gasteiger partial charge on any atom is -0.508 e. The van der Waals surface area contributed by atoms with Crippen LogP contribution in [0.4, 0.5) is 11.4 Å². The third-order valence-corrected chi connectivity index (χ3v) is 8.59. The third-order valence-electron chi connectivity index (χ3n) is 8.59. The predicted molar refractivity (Wildman–Crippen MR) is 165 cm³/mol. The molecular formula is C34H35N3O7. The topological polar surface area (TPSA) is 154 Å². The van der Waals surface area contributed by atoms with Crippen LogP contribution in [0.2, 0.25) is 0 Å². The van der Waals surface area contributed by atoms with E-state index in [0.29, 0.717) is 12.0 Å². The Hall–Kier alpha value is -4.67. The molecule has 2 heterocycles. The largest absolute Gasteiger partial charge is 0.508 e. The lowest BCUT2D eigenvalue weighted by atomic mass is 9.66. The van der Waals surface area contributed by atoms with Crippen molar-refractivity contribution in [3.8, 4) is 5.75 Å². The predicted octanol–water partition coefficient (Wildman–Crippen LogP) is 5.15. The van der Waals surface area contributed by atoms with Crippen molar-refractivity contribution in [1.29, 1.82) is 0 Å². The van der Waals surface area contributed by atoms with Gasteiger partial charge < -0.3 is 15.3 Å². The fraction of sp³-hybridized carbons (Fsp3) is 0.324. The number of non-ortho nitro benzene ring substituents is 1.